The monoisotopic (exact) mass is 236 g/mol. The fourth-order valence-electron chi connectivity index (χ4n) is 1.71. The van der Waals surface area contributed by atoms with Crippen molar-refractivity contribution in [2.24, 2.45) is 7.05 Å². The standard InChI is InChI=1S/C11H16N4S/c1-8-11(9(2)15(3)14-8)5-12-4-10-6-16-7-13-10/h6-7,12H,4-5H2,1-3H3. The minimum absolute atomic E-state index is 0.817. The van der Waals surface area contributed by atoms with Crippen LogP contribution in [-0.4, -0.2) is 14.8 Å². The Morgan fingerprint density at radius 3 is 2.75 bits per heavy atom. The predicted octanol–water partition coefficient (Wildman–Crippen LogP) is 1.78. The van der Waals surface area contributed by atoms with Gasteiger partial charge < -0.3 is 5.32 Å². The van der Waals surface area contributed by atoms with Gasteiger partial charge in [0.05, 0.1) is 16.9 Å². The number of thiazole rings is 1. The number of hydrogen-bond acceptors (Lipinski definition) is 4. The summed E-state index contributed by atoms with van der Waals surface area (Å²) in [6.45, 7) is 5.81. The van der Waals surface area contributed by atoms with Gasteiger partial charge in [0.1, 0.15) is 0 Å². The SMILES string of the molecule is Cc1nn(C)c(C)c1CNCc1cscn1. The highest BCUT2D eigenvalue weighted by atomic mass is 32.1. The number of nitrogens with one attached hydrogen (secondary N) is 1. The molecule has 2 aromatic heterocycles. The molecule has 86 valence electrons. The molecule has 2 aromatic rings. The molecule has 0 saturated carbocycles. The molecule has 0 fully saturated rings. The highest BCUT2D eigenvalue weighted by Crippen LogP contribution is 2.11. The summed E-state index contributed by atoms with van der Waals surface area (Å²) in [5.74, 6) is 0. The molecule has 0 aliphatic rings. The summed E-state index contributed by atoms with van der Waals surface area (Å²) in [7, 11) is 1.98. The molecule has 5 heteroatoms. The molecule has 16 heavy (non-hydrogen) atoms. The van der Waals surface area contributed by atoms with Crippen molar-refractivity contribution in [1.82, 2.24) is 20.1 Å². The van der Waals surface area contributed by atoms with E-state index in [0.29, 0.717) is 0 Å². The molecule has 0 spiro atoms. The van der Waals surface area contributed by atoms with Crippen molar-refractivity contribution in [3.05, 3.63) is 33.5 Å². The normalized spacial score (nSPS) is 10.9. The van der Waals surface area contributed by atoms with E-state index in [1.807, 2.05) is 24.2 Å². The van der Waals surface area contributed by atoms with Crippen molar-refractivity contribution >= 4 is 11.3 Å². The third kappa shape index (κ3) is 2.31. The van der Waals surface area contributed by atoms with Gasteiger partial charge in [0.25, 0.3) is 0 Å². The zero-order chi connectivity index (χ0) is 11.5. The molecule has 4 nitrogen and oxygen atoms in total. The van der Waals surface area contributed by atoms with Gasteiger partial charge in [-0.2, -0.15) is 5.10 Å². The molecule has 0 atom stereocenters. The second kappa shape index (κ2) is 4.76. The average Bonchev–Trinajstić information content (AvgIpc) is 2.82. The quantitative estimate of drug-likeness (QED) is 0.880. The molecule has 0 amide bonds. The van der Waals surface area contributed by atoms with Crippen molar-refractivity contribution < 1.29 is 0 Å². The lowest BCUT2D eigenvalue weighted by atomic mass is 10.2. The highest BCUT2D eigenvalue weighted by molar-refractivity contribution is 7.07. The van der Waals surface area contributed by atoms with E-state index in [4.69, 9.17) is 0 Å². The summed E-state index contributed by atoms with van der Waals surface area (Å²) in [5.41, 5.74) is 6.58. The summed E-state index contributed by atoms with van der Waals surface area (Å²) in [5, 5.41) is 9.84. The molecular weight excluding hydrogens is 220 g/mol. The molecule has 2 heterocycles. The Kier molecular flexibility index (Phi) is 3.36. The number of aromatic nitrogens is 3. The number of rotatable bonds is 4. The lowest BCUT2D eigenvalue weighted by Crippen LogP contribution is -2.14. The van der Waals surface area contributed by atoms with E-state index in [0.717, 1.165) is 24.5 Å². The molecular formula is C11H16N4S. The number of hydrogen-bond donors (Lipinski definition) is 1. The maximum atomic E-state index is 4.39. The second-order valence-corrected chi connectivity index (χ2v) is 4.58. The van der Waals surface area contributed by atoms with Crippen LogP contribution in [0.3, 0.4) is 0 Å². The van der Waals surface area contributed by atoms with Crippen LogP contribution in [-0.2, 0) is 20.1 Å². The second-order valence-electron chi connectivity index (χ2n) is 3.86. The van der Waals surface area contributed by atoms with Crippen LogP contribution in [0.2, 0.25) is 0 Å². The molecule has 0 aliphatic carbocycles. The smallest absolute Gasteiger partial charge is 0.0795 e. The third-order valence-electron chi connectivity index (χ3n) is 2.75. The van der Waals surface area contributed by atoms with Gasteiger partial charge in [-0.15, -0.1) is 11.3 Å². The van der Waals surface area contributed by atoms with Gasteiger partial charge in [-0.3, -0.25) is 4.68 Å². The summed E-state index contributed by atoms with van der Waals surface area (Å²) in [6, 6.07) is 0. The van der Waals surface area contributed by atoms with E-state index in [2.05, 4.69) is 27.7 Å². The average molecular weight is 236 g/mol. The molecule has 0 saturated heterocycles. The zero-order valence-electron chi connectivity index (χ0n) is 9.82. The van der Waals surface area contributed by atoms with Gasteiger partial charge in [0.2, 0.25) is 0 Å². The highest BCUT2D eigenvalue weighted by Gasteiger charge is 2.08. The summed E-state index contributed by atoms with van der Waals surface area (Å²) in [6.07, 6.45) is 0. The fourth-order valence-corrected chi connectivity index (χ4v) is 2.27. The Labute approximate surface area is 99.3 Å². The van der Waals surface area contributed by atoms with E-state index in [1.54, 1.807) is 11.3 Å². The maximum Gasteiger partial charge on any atom is 0.0795 e. The topological polar surface area (TPSA) is 42.7 Å². The van der Waals surface area contributed by atoms with Gasteiger partial charge in [-0.05, 0) is 13.8 Å². The Morgan fingerprint density at radius 2 is 2.19 bits per heavy atom. The lowest BCUT2D eigenvalue weighted by molar-refractivity contribution is 0.674. The maximum absolute atomic E-state index is 4.39. The van der Waals surface area contributed by atoms with Crippen LogP contribution in [0.25, 0.3) is 0 Å². The molecule has 0 aromatic carbocycles. The Balaban J connectivity index is 1.95. The molecule has 1 N–H and O–H groups in total. The summed E-state index contributed by atoms with van der Waals surface area (Å²) in [4.78, 5) is 4.23. The number of aryl methyl sites for hydroxylation is 2. The molecule has 0 unspecified atom stereocenters. The van der Waals surface area contributed by atoms with Crippen LogP contribution in [0.1, 0.15) is 22.6 Å². The van der Waals surface area contributed by atoms with Gasteiger partial charge in [-0.1, -0.05) is 0 Å². The van der Waals surface area contributed by atoms with Crippen molar-refractivity contribution in [3.63, 3.8) is 0 Å². The van der Waals surface area contributed by atoms with Crippen molar-refractivity contribution in [2.75, 3.05) is 0 Å². The van der Waals surface area contributed by atoms with Crippen molar-refractivity contribution in [2.45, 2.75) is 26.9 Å². The van der Waals surface area contributed by atoms with Crippen molar-refractivity contribution in [1.29, 1.82) is 0 Å². The molecule has 0 bridgehead atoms. The van der Waals surface area contributed by atoms with Gasteiger partial charge >= 0.3 is 0 Å². The third-order valence-corrected chi connectivity index (χ3v) is 3.39. The van der Waals surface area contributed by atoms with E-state index < -0.39 is 0 Å². The van der Waals surface area contributed by atoms with E-state index in [-0.39, 0.29) is 0 Å². The zero-order valence-corrected chi connectivity index (χ0v) is 10.6. The van der Waals surface area contributed by atoms with Crippen LogP contribution in [0, 0.1) is 13.8 Å². The van der Waals surface area contributed by atoms with E-state index in [1.165, 1.54) is 11.3 Å². The Morgan fingerprint density at radius 1 is 1.38 bits per heavy atom. The first-order valence-corrected chi connectivity index (χ1v) is 6.19. The van der Waals surface area contributed by atoms with Crippen LogP contribution in [0.5, 0.6) is 0 Å². The van der Waals surface area contributed by atoms with Crippen molar-refractivity contribution in [3.8, 4) is 0 Å². The van der Waals surface area contributed by atoms with Crippen LogP contribution in [0.15, 0.2) is 10.9 Å². The Bertz CT molecular complexity index is 459. The van der Waals surface area contributed by atoms with E-state index in [9.17, 15) is 0 Å². The Hall–Kier alpha value is -1.20. The van der Waals surface area contributed by atoms with E-state index >= 15 is 0 Å². The molecule has 0 radical (unpaired) electrons. The van der Waals surface area contributed by atoms with Crippen LogP contribution in [0.4, 0.5) is 0 Å². The first kappa shape index (κ1) is 11.3. The fraction of sp³-hybridized carbons (Fsp3) is 0.455. The first-order chi connectivity index (χ1) is 7.68. The summed E-state index contributed by atoms with van der Waals surface area (Å²) < 4.78 is 1.93. The molecule has 2 rings (SSSR count). The van der Waals surface area contributed by atoms with Gasteiger partial charge in [-0.25, -0.2) is 4.98 Å². The molecule has 0 aliphatic heterocycles. The van der Waals surface area contributed by atoms with Gasteiger partial charge in [0, 0.05) is 36.8 Å². The lowest BCUT2D eigenvalue weighted by Gasteiger charge is -2.03. The largest absolute Gasteiger partial charge is 0.307 e. The summed E-state index contributed by atoms with van der Waals surface area (Å²) >= 11 is 1.63. The van der Waals surface area contributed by atoms with Crippen LogP contribution >= 0.6 is 11.3 Å². The van der Waals surface area contributed by atoms with Gasteiger partial charge in [0.15, 0.2) is 0 Å². The van der Waals surface area contributed by atoms with Crippen LogP contribution < -0.4 is 5.32 Å². The predicted molar refractivity (Wildman–Crippen MR) is 65.3 cm³/mol. The minimum Gasteiger partial charge on any atom is -0.307 e. The minimum atomic E-state index is 0.817. The first-order valence-electron chi connectivity index (χ1n) is 5.25. The number of nitrogens with zero attached hydrogens (tertiary/aromatic N) is 3.